The summed E-state index contributed by atoms with van der Waals surface area (Å²) in [6, 6.07) is 6.00. The molecule has 0 amide bonds. The number of rotatable bonds is 4. The highest BCUT2D eigenvalue weighted by molar-refractivity contribution is 5.89. The monoisotopic (exact) mass is 437 g/mol. The minimum atomic E-state index is -0.739. The number of fused-ring (bicyclic) bond motifs is 3. The first-order valence-electron chi connectivity index (χ1n) is 11.0. The van der Waals surface area contributed by atoms with Gasteiger partial charge in [0.2, 0.25) is 0 Å². The fourth-order valence-corrected chi connectivity index (χ4v) is 5.33. The minimum absolute atomic E-state index is 0.0743. The molecule has 1 aromatic carbocycles. The number of esters is 1. The van der Waals surface area contributed by atoms with Crippen molar-refractivity contribution in [3.8, 4) is 23.3 Å². The second kappa shape index (κ2) is 8.65. The summed E-state index contributed by atoms with van der Waals surface area (Å²) in [5.74, 6) is 7.60. The molecule has 0 aromatic heterocycles. The summed E-state index contributed by atoms with van der Waals surface area (Å²) in [6.45, 7) is 6.30. The molecule has 1 fully saturated rings. The normalized spacial score (nSPS) is 30.1. The van der Waals surface area contributed by atoms with Gasteiger partial charge in [-0.25, -0.2) is 4.79 Å². The number of methoxy groups -OCH3 is 3. The first-order chi connectivity index (χ1) is 15.3. The molecule has 3 heterocycles. The van der Waals surface area contributed by atoms with Crippen LogP contribution in [0.15, 0.2) is 41.5 Å². The molecule has 32 heavy (non-hydrogen) atoms. The zero-order chi connectivity index (χ0) is 23.0. The van der Waals surface area contributed by atoms with Crippen molar-refractivity contribution in [2.24, 2.45) is 0 Å². The zero-order valence-corrected chi connectivity index (χ0v) is 19.6. The van der Waals surface area contributed by atoms with Gasteiger partial charge in [0, 0.05) is 48.0 Å². The van der Waals surface area contributed by atoms with E-state index in [2.05, 4.69) is 36.7 Å². The number of carbonyl (C=O) groups excluding carboxylic acids is 1. The molecule has 5 atom stereocenters. The second-order valence-corrected chi connectivity index (χ2v) is 8.81. The minimum Gasteiger partial charge on any atom is -0.497 e. The molecule has 3 aliphatic heterocycles. The molecule has 6 nitrogen and oxygen atoms in total. The van der Waals surface area contributed by atoms with Gasteiger partial charge < -0.3 is 18.9 Å². The Labute approximate surface area is 190 Å². The van der Waals surface area contributed by atoms with Crippen LogP contribution in [0.4, 0.5) is 0 Å². The van der Waals surface area contributed by atoms with E-state index in [1.54, 1.807) is 27.4 Å². The van der Waals surface area contributed by atoms with Gasteiger partial charge in [-0.1, -0.05) is 17.9 Å². The van der Waals surface area contributed by atoms with Crippen molar-refractivity contribution in [2.45, 2.75) is 63.4 Å². The maximum Gasteiger partial charge on any atom is 0.332 e. The molecule has 6 heteroatoms. The van der Waals surface area contributed by atoms with Crippen LogP contribution in [-0.4, -0.2) is 62.0 Å². The van der Waals surface area contributed by atoms with Crippen LogP contribution in [0.1, 0.15) is 39.2 Å². The summed E-state index contributed by atoms with van der Waals surface area (Å²) in [7, 11) is 4.98. The molecular weight excluding hydrogens is 406 g/mol. The molecule has 1 aromatic rings. The summed E-state index contributed by atoms with van der Waals surface area (Å²) in [6.07, 6.45) is 5.78. The van der Waals surface area contributed by atoms with Crippen LogP contribution in [0.3, 0.4) is 0 Å². The lowest BCUT2D eigenvalue weighted by atomic mass is 9.84. The lowest BCUT2D eigenvalue weighted by Crippen LogP contribution is -2.54. The Balaban J connectivity index is 1.77. The third-order valence-corrected chi connectivity index (χ3v) is 7.00. The number of hydrogen-bond acceptors (Lipinski definition) is 6. The fourth-order valence-electron chi connectivity index (χ4n) is 5.33. The number of ether oxygens (including phenoxy) is 4. The van der Waals surface area contributed by atoms with Crippen LogP contribution in [0.5, 0.6) is 11.5 Å². The van der Waals surface area contributed by atoms with Gasteiger partial charge in [0.25, 0.3) is 0 Å². The van der Waals surface area contributed by atoms with Crippen LogP contribution >= 0.6 is 0 Å². The van der Waals surface area contributed by atoms with Crippen LogP contribution < -0.4 is 9.47 Å². The van der Waals surface area contributed by atoms with Crippen LogP contribution in [0.25, 0.3) is 0 Å². The Bertz CT molecular complexity index is 1010. The standard InChI is InChI=1S/C26H31NO5/c1-16-11-19(8-7-18-12-20(30-5)14-21(13-18)31-6)22-15-25(28)32-26(22,3)24-10-9-23(27(16)24)17(2)29-4/h11-17,23-24H,9-10H2,1-6H3/t16-,17?,23?,24+,26-/m0/s1. The van der Waals surface area contributed by atoms with Crippen molar-refractivity contribution in [2.75, 3.05) is 21.3 Å². The topological polar surface area (TPSA) is 57.2 Å². The van der Waals surface area contributed by atoms with Crippen LogP contribution in [0.2, 0.25) is 0 Å². The van der Waals surface area contributed by atoms with Crippen LogP contribution in [-0.2, 0) is 14.3 Å². The van der Waals surface area contributed by atoms with E-state index in [0.29, 0.717) is 11.5 Å². The highest BCUT2D eigenvalue weighted by atomic mass is 16.6. The molecular formula is C26H31NO5. The average molecular weight is 438 g/mol. The van der Waals surface area contributed by atoms with Crippen molar-refractivity contribution in [3.63, 3.8) is 0 Å². The predicted octanol–water partition coefficient (Wildman–Crippen LogP) is 3.49. The molecule has 3 aliphatic rings. The summed E-state index contributed by atoms with van der Waals surface area (Å²) in [4.78, 5) is 14.9. The third-order valence-electron chi connectivity index (χ3n) is 7.00. The quantitative estimate of drug-likeness (QED) is 0.531. The Kier molecular flexibility index (Phi) is 6.07. The zero-order valence-electron chi connectivity index (χ0n) is 19.6. The Morgan fingerprint density at radius 2 is 1.81 bits per heavy atom. The smallest absolute Gasteiger partial charge is 0.332 e. The van der Waals surface area contributed by atoms with Gasteiger partial charge in [0.1, 0.15) is 11.5 Å². The molecule has 4 rings (SSSR count). The lowest BCUT2D eigenvalue weighted by molar-refractivity contribution is -0.150. The van der Waals surface area contributed by atoms with Gasteiger partial charge in [-0.3, -0.25) is 4.90 Å². The second-order valence-electron chi connectivity index (χ2n) is 8.81. The van der Waals surface area contributed by atoms with Gasteiger partial charge >= 0.3 is 5.97 Å². The van der Waals surface area contributed by atoms with Crippen molar-refractivity contribution in [1.29, 1.82) is 0 Å². The molecule has 0 radical (unpaired) electrons. The van der Waals surface area contributed by atoms with Crippen molar-refractivity contribution in [3.05, 3.63) is 47.1 Å². The molecule has 2 unspecified atom stereocenters. The summed E-state index contributed by atoms with van der Waals surface area (Å²) in [5.41, 5.74) is 1.72. The van der Waals surface area contributed by atoms with Crippen molar-refractivity contribution >= 4 is 5.97 Å². The lowest BCUT2D eigenvalue weighted by Gasteiger charge is -2.41. The molecule has 0 aliphatic carbocycles. The maximum atomic E-state index is 12.4. The van der Waals surface area contributed by atoms with Gasteiger partial charge in [0.15, 0.2) is 5.60 Å². The van der Waals surface area contributed by atoms with Gasteiger partial charge in [-0.15, -0.1) is 0 Å². The average Bonchev–Trinajstić information content (AvgIpc) is 3.35. The van der Waals surface area contributed by atoms with Gasteiger partial charge in [0.05, 0.1) is 26.4 Å². The van der Waals surface area contributed by atoms with E-state index in [1.807, 2.05) is 25.1 Å². The highest BCUT2D eigenvalue weighted by Gasteiger charge is 2.55. The molecule has 1 saturated heterocycles. The molecule has 0 saturated carbocycles. The summed E-state index contributed by atoms with van der Waals surface area (Å²) >= 11 is 0. The Morgan fingerprint density at radius 1 is 1.12 bits per heavy atom. The predicted molar refractivity (Wildman–Crippen MR) is 122 cm³/mol. The largest absolute Gasteiger partial charge is 0.497 e. The molecule has 170 valence electrons. The van der Waals surface area contributed by atoms with Gasteiger partial charge in [-0.05, 0) is 45.7 Å². The summed E-state index contributed by atoms with van der Waals surface area (Å²) < 4.78 is 22.4. The number of benzene rings is 1. The van der Waals surface area contributed by atoms with E-state index in [-0.39, 0.29) is 30.2 Å². The number of hydrogen-bond donors (Lipinski definition) is 0. The molecule has 0 spiro atoms. The summed E-state index contributed by atoms with van der Waals surface area (Å²) in [5, 5.41) is 0. The van der Waals surface area contributed by atoms with Crippen molar-refractivity contribution in [1.82, 2.24) is 4.90 Å². The van der Waals surface area contributed by atoms with E-state index in [1.165, 1.54) is 0 Å². The fraction of sp³-hybridized carbons (Fsp3) is 0.500. The number of carbonyl (C=O) groups is 1. The first kappa shape index (κ1) is 22.4. The van der Waals surface area contributed by atoms with Crippen molar-refractivity contribution < 1.29 is 23.7 Å². The SMILES string of the molecule is COc1cc(C#CC2=C[C@H](C)N3C(C(C)OC)CC[C@@H]3[C@@]3(C)OC(=O)C=C23)cc(OC)c1. The highest BCUT2D eigenvalue weighted by Crippen LogP contribution is 2.47. The maximum absolute atomic E-state index is 12.4. The van der Waals surface area contributed by atoms with Crippen LogP contribution in [0, 0.1) is 11.8 Å². The van der Waals surface area contributed by atoms with E-state index in [4.69, 9.17) is 18.9 Å². The first-order valence-corrected chi connectivity index (χ1v) is 11.0. The number of nitrogens with zero attached hydrogens (tertiary/aromatic N) is 1. The molecule has 0 N–H and O–H groups in total. The Hall–Kier alpha value is -2.75. The van der Waals surface area contributed by atoms with Gasteiger partial charge in [-0.2, -0.15) is 0 Å². The van der Waals surface area contributed by atoms with E-state index >= 15 is 0 Å². The van der Waals surface area contributed by atoms with E-state index < -0.39 is 5.60 Å². The Morgan fingerprint density at radius 3 is 2.44 bits per heavy atom. The van der Waals surface area contributed by atoms with E-state index in [9.17, 15) is 4.79 Å². The molecule has 0 bridgehead atoms. The van der Waals surface area contributed by atoms with E-state index in [0.717, 1.165) is 29.6 Å². The third kappa shape index (κ3) is 3.80.